The van der Waals surface area contributed by atoms with Gasteiger partial charge in [-0.05, 0) is 82.7 Å². The van der Waals surface area contributed by atoms with E-state index in [2.05, 4.69) is 34.2 Å². The van der Waals surface area contributed by atoms with Crippen molar-refractivity contribution in [1.82, 2.24) is 15.1 Å². The van der Waals surface area contributed by atoms with Crippen molar-refractivity contribution in [2.24, 2.45) is 10.9 Å². The fourth-order valence-corrected chi connectivity index (χ4v) is 4.72. The highest BCUT2D eigenvalue weighted by Crippen LogP contribution is 2.28. The number of hydrogen-bond donors (Lipinski definition) is 1. The summed E-state index contributed by atoms with van der Waals surface area (Å²) < 4.78 is 11.1. The number of methoxy groups -OCH3 is 1. The predicted molar refractivity (Wildman–Crippen MR) is 144 cm³/mol. The maximum atomic E-state index is 5.70. The molecule has 1 N–H and O–H groups in total. The average Bonchev–Trinajstić information content (AvgIpc) is 3.25. The van der Waals surface area contributed by atoms with E-state index in [-0.39, 0.29) is 24.0 Å². The molecule has 0 saturated carbocycles. The maximum Gasteiger partial charge on any atom is 0.193 e. The number of likely N-dealkylation sites (tertiary alicyclic amines) is 2. The van der Waals surface area contributed by atoms with Gasteiger partial charge in [-0.15, -0.1) is 24.0 Å². The van der Waals surface area contributed by atoms with E-state index in [1.165, 1.54) is 50.9 Å². The number of guanidine groups is 1. The monoisotopic (exact) mass is 558 g/mol. The van der Waals surface area contributed by atoms with Crippen LogP contribution in [-0.2, 0) is 6.42 Å². The third-order valence-corrected chi connectivity index (χ3v) is 6.30. The van der Waals surface area contributed by atoms with Gasteiger partial charge in [-0.1, -0.05) is 12.5 Å². The van der Waals surface area contributed by atoms with E-state index in [0.29, 0.717) is 6.61 Å². The van der Waals surface area contributed by atoms with Crippen molar-refractivity contribution in [3.05, 3.63) is 23.8 Å². The maximum absolute atomic E-state index is 5.70. The Bertz CT molecular complexity index is 695. The third kappa shape index (κ3) is 8.28. The molecule has 1 atom stereocenters. The van der Waals surface area contributed by atoms with Gasteiger partial charge in [0.1, 0.15) is 0 Å². The Morgan fingerprint density at radius 2 is 1.94 bits per heavy atom. The molecule has 0 radical (unpaired) electrons. The summed E-state index contributed by atoms with van der Waals surface area (Å²) >= 11 is 0. The first-order chi connectivity index (χ1) is 15.2. The second-order valence-corrected chi connectivity index (χ2v) is 8.72. The number of nitrogens with one attached hydrogen (secondary N) is 1. The quantitative estimate of drug-likeness (QED) is 0.200. The fourth-order valence-electron chi connectivity index (χ4n) is 4.72. The topological polar surface area (TPSA) is 49.3 Å². The van der Waals surface area contributed by atoms with Crippen LogP contribution in [0.3, 0.4) is 0 Å². The van der Waals surface area contributed by atoms with Crippen molar-refractivity contribution in [3.63, 3.8) is 0 Å². The van der Waals surface area contributed by atoms with Gasteiger partial charge in [-0.3, -0.25) is 4.99 Å². The molecule has 1 aromatic carbocycles. The molecule has 2 fully saturated rings. The van der Waals surface area contributed by atoms with Gasteiger partial charge < -0.3 is 24.6 Å². The molecule has 2 saturated heterocycles. The van der Waals surface area contributed by atoms with Crippen LogP contribution in [0.25, 0.3) is 0 Å². The molecule has 1 unspecified atom stereocenters. The van der Waals surface area contributed by atoms with Gasteiger partial charge >= 0.3 is 0 Å². The molecule has 7 heteroatoms. The van der Waals surface area contributed by atoms with E-state index < -0.39 is 0 Å². The number of benzene rings is 1. The Balaban J connectivity index is 0.00000363. The summed E-state index contributed by atoms with van der Waals surface area (Å²) in [6.07, 6.45) is 7.46. The number of halogens is 1. The van der Waals surface area contributed by atoms with E-state index in [9.17, 15) is 0 Å². The van der Waals surface area contributed by atoms with Crippen LogP contribution in [0.15, 0.2) is 23.2 Å². The van der Waals surface area contributed by atoms with Crippen LogP contribution in [0.1, 0.15) is 51.5 Å². The fraction of sp³-hybridized carbons (Fsp3) is 0.720. The summed E-state index contributed by atoms with van der Waals surface area (Å²) in [5, 5.41) is 3.51. The van der Waals surface area contributed by atoms with Crippen LogP contribution in [-0.4, -0.2) is 75.3 Å². The van der Waals surface area contributed by atoms with Crippen LogP contribution >= 0.6 is 24.0 Å². The highest BCUT2D eigenvalue weighted by Gasteiger charge is 2.26. The lowest BCUT2D eigenvalue weighted by Gasteiger charge is -2.29. The SMILES string of the molecule is CCNC(=NCCCc1ccc(OC)c(OCC)c1)N1CCC(CN2CCCCC2)C1.I. The van der Waals surface area contributed by atoms with Crippen LogP contribution in [0, 0.1) is 5.92 Å². The lowest BCUT2D eigenvalue weighted by atomic mass is 10.1. The third-order valence-electron chi connectivity index (χ3n) is 6.30. The highest BCUT2D eigenvalue weighted by atomic mass is 127. The Labute approximate surface area is 212 Å². The molecule has 32 heavy (non-hydrogen) atoms. The summed E-state index contributed by atoms with van der Waals surface area (Å²) in [7, 11) is 1.68. The van der Waals surface area contributed by atoms with Crippen LogP contribution in [0.4, 0.5) is 0 Å². The smallest absolute Gasteiger partial charge is 0.193 e. The van der Waals surface area contributed by atoms with Crippen molar-refractivity contribution in [3.8, 4) is 11.5 Å². The van der Waals surface area contributed by atoms with Gasteiger partial charge in [0, 0.05) is 32.7 Å². The van der Waals surface area contributed by atoms with Gasteiger partial charge in [0.2, 0.25) is 0 Å². The second-order valence-electron chi connectivity index (χ2n) is 8.72. The zero-order valence-corrected chi connectivity index (χ0v) is 22.6. The van der Waals surface area contributed by atoms with Crippen LogP contribution in [0.2, 0.25) is 0 Å². The molecule has 3 rings (SSSR count). The lowest BCUT2D eigenvalue weighted by molar-refractivity contribution is 0.198. The molecule has 0 amide bonds. The standard InChI is InChI=1S/C25H42N4O2.HI/c1-4-26-25(29-17-13-22(20-29)19-28-15-7-6-8-16-28)27-14-9-10-21-11-12-23(30-3)24(18-21)31-5-2;/h11-12,18,22H,4-10,13-17,19-20H2,1-3H3,(H,26,27);1H. The number of hydrogen-bond acceptors (Lipinski definition) is 4. The molecular formula is C25H43IN4O2. The molecule has 1 aromatic rings. The van der Waals surface area contributed by atoms with Crippen molar-refractivity contribution < 1.29 is 9.47 Å². The molecule has 2 aliphatic rings. The summed E-state index contributed by atoms with van der Waals surface area (Å²) in [4.78, 5) is 10.1. The van der Waals surface area contributed by atoms with E-state index >= 15 is 0 Å². The van der Waals surface area contributed by atoms with E-state index in [4.69, 9.17) is 14.5 Å². The average molecular weight is 559 g/mol. The van der Waals surface area contributed by atoms with E-state index in [0.717, 1.165) is 62.4 Å². The zero-order valence-electron chi connectivity index (χ0n) is 20.3. The van der Waals surface area contributed by atoms with Gasteiger partial charge in [-0.25, -0.2) is 0 Å². The number of aryl methyl sites for hydroxylation is 1. The van der Waals surface area contributed by atoms with E-state index in [1.807, 2.05) is 13.0 Å². The summed E-state index contributed by atoms with van der Waals surface area (Å²) in [6.45, 7) is 12.7. The van der Waals surface area contributed by atoms with Crippen molar-refractivity contribution in [2.75, 3.05) is 59.5 Å². The molecule has 0 bridgehead atoms. The summed E-state index contributed by atoms with van der Waals surface area (Å²) in [6, 6.07) is 6.23. The normalized spacial score (nSPS) is 19.5. The molecule has 0 spiro atoms. The molecular weight excluding hydrogens is 515 g/mol. The first-order valence-corrected chi connectivity index (χ1v) is 12.3. The number of piperidine rings is 1. The van der Waals surface area contributed by atoms with Gasteiger partial charge in [-0.2, -0.15) is 0 Å². The van der Waals surface area contributed by atoms with Crippen LogP contribution in [0.5, 0.6) is 11.5 Å². The Morgan fingerprint density at radius 1 is 1.12 bits per heavy atom. The minimum Gasteiger partial charge on any atom is -0.493 e. The predicted octanol–water partition coefficient (Wildman–Crippen LogP) is 4.42. The molecule has 2 heterocycles. The lowest BCUT2D eigenvalue weighted by Crippen LogP contribution is -2.41. The van der Waals surface area contributed by atoms with Crippen molar-refractivity contribution >= 4 is 29.9 Å². The largest absolute Gasteiger partial charge is 0.493 e. The Hall–Kier alpha value is -1.22. The number of ether oxygens (including phenoxy) is 2. The minimum absolute atomic E-state index is 0. The zero-order chi connectivity index (χ0) is 21.9. The minimum atomic E-state index is 0. The first kappa shape index (κ1) is 27.0. The van der Waals surface area contributed by atoms with Crippen molar-refractivity contribution in [1.29, 1.82) is 0 Å². The van der Waals surface area contributed by atoms with Gasteiger partial charge in [0.25, 0.3) is 0 Å². The number of aliphatic imine (C=N–C) groups is 1. The molecule has 0 aliphatic carbocycles. The Kier molecular flexibility index (Phi) is 12.5. The molecule has 6 nitrogen and oxygen atoms in total. The summed E-state index contributed by atoms with van der Waals surface area (Å²) in [5.74, 6) is 3.49. The molecule has 0 aromatic heterocycles. The first-order valence-electron chi connectivity index (χ1n) is 12.3. The van der Waals surface area contributed by atoms with Crippen molar-refractivity contribution in [2.45, 2.75) is 52.4 Å². The molecule has 182 valence electrons. The number of rotatable bonds is 10. The molecule has 2 aliphatic heterocycles. The van der Waals surface area contributed by atoms with Gasteiger partial charge in [0.15, 0.2) is 17.5 Å². The van der Waals surface area contributed by atoms with Crippen LogP contribution < -0.4 is 14.8 Å². The van der Waals surface area contributed by atoms with E-state index in [1.54, 1.807) is 7.11 Å². The highest BCUT2D eigenvalue weighted by molar-refractivity contribution is 14.0. The summed E-state index contributed by atoms with van der Waals surface area (Å²) in [5.41, 5.74) is 1.27. The Morgan fingerprint density at radius 3 is 2.66 bits per heavy atom. The second kappa shape index (κ2) is 14.8. The van der Waals surface area contributed by atoms with Gasteiger partial charge in [0.05, 0.1) is 13.7 Å². The number of nitrogens with zero attached hydrogens (tertiary/aromatic N) is 3.